The van der Waals surface area contributed by atoms with Gasteiger partial charge in [0.25, 0.3) is 0 Å². The van der Waals surface area contributed by atoms with Crippen LogP contribution in [0.4, 0.5) is 0 Å². The summed E-state index contributed by atoms with van der Waals surface area (Å²) >= 11 is 6.03. The molecule has 0 spiro atoms. The molecule has 0 bridgehead atoms. The van der Waals surface area contributed by atoms with Gasteiger partial charge in [-0.1, -0.05) is 11.6 Å². The Morgan fingerprint density at radius 2 is 1.97 bits per heavy atom. The van der Waals surface area contributed by atoms with Crippen molar-refractivity contribution >= 4 is 17.5 Å². The summed E-state index contributed by atoms with van der Waals surface area (Å²) < 4.78 is 12.5. The second-order valence-corrected chi connectivity index (χ2v) is 7.80. The number of nitrogens with zero attached hydrogens (tertiary/aromatic N) is 5. The lowest BCUT2D eigenvalue weighted by atomic mass is 10.1. The van der Waals surface area contributed by atoms with Crippen molar-refractivity contribution in [3.63, 3.8) is 0 Å². The quantitative estimate of drug-likeness (QED) is 0.512. The van der Waals surface area contributed by atoms with Crippen LogP contribution in [0.2, 0.25) is 5.02 Å². The number of pyridine rings is 1. The number of aromatic nitrogens is 5. The molecule has 1 saturated carbocycles. The fourth-order valence-corrected chi connectivity index (χ4v) is 3.62. The normalized spacial score (nSPS) is 15.3. The molecule has 3 aromatic rings. The Morgan fingerprint density at radius 3 is 2.58 bits per heavy atom. The Hall–Kier alpha value is -3.24. The molecule has 1 fully saturated rings. The van der Waals surface area contributed by atoms with Crippen LogP contribution in [0.1, 0.15) is 36.8 Å². The molecule has 2 heterocycles. The summed E-state index contributed by atoms with van der Waals surface area (Å²) in [6.07, 6.45) is 1.78. The fourth-order valence-electron chi connectivity index (χ4n) is 3.49. The zero-order valence-corrected chi connectivity index (χ0v) is 17.8. The number of ether oxygens (including phenoxy) is 2. The van der Waals surface area contributed by atoms with Gasteiger partial charge in [-0.15, -0.1) is 5.10 Å². The first-order chi connectivity index (χ1) is 14.9. The topological polar surface area (TPSA) is 130 Å². The summed E-state index contributed by atoms with van der Waals surface area (Å²) in [4.78, 5) is 16.3. The van der Waals surface area contributed by atoms with Gasteiger partial charge in [-0.3, -0.25) is 10.1 Å². The monoisotopic (exact) mass is 443 g/mol. The number of amides is 1. The van der Waals surface area contributed by atoms with E-state index in [0.29, 0.717) is 28.2 Å². The van der Waals surface area contributed by atoms with Crippen molar-refractivity contribution in [2.24, 2.45) is 5.73 Å². The van der Waals surface area contributed by atoms with E-state index in [0.717, 1.165) is 18.5 Å². The largest absolute Gasteiger partial charge is 0.495 e. The van der Waals surface area contributed by atoms with Gasteiger partial charge in [-0.2, -0.15) is 4.68 Å². The van der Waals surface area contributed by atoms with Crippen molar-refractivity contribution in [1.29, 1.82) is 0 Å². The van der Waals surface area contributed by atoms with Crippen molar-refractivity contribution in [1.82, 2.24) is 30.5 Å². The van der Waals surface area contributed by atoms with Gasteiger partial charge in [0, 0.05) is 23.0 Å². The van der Waals surface area contributed by atoms with Gasteiger partial charge in [0.05, 0.1) is 19.9 Å². The predicted octanol–water partition coefficient (Wildman–Crippen LogP) is 1.81. The number of benzene rings is 1. The lowest BCUT2D eigenvalue weighted by molar-refractivity contribution is -0.118. The lowest BCUT2D eigenvalue weighted by Crippen LogP contribution is -2.40. The number of carbonyl (C=O) groups is 1. The molecule has 10 nitrogen and oxygen atoms in total. The zero-order chi connectivity index (χ0) is 22.0. The summed E-state index contributed by atoms with van der Waals surface area (Å²) in [5.41, 5.74) is 6.29. The van der Waals surface area contributed by atoms with Gasteiger partial charge >= 0.3 is 0 Å². The van der Waals surface area contributed by atoms with Crippen LogP contribution in [-0.2, 0) is 4.79 Å². The van der Waals surface area contributed by atoms with E-state index in [4.69, 9.17) is 26.8 Å². The van der Waals surface area contributed by atoms with Crippen molar-refractivity contribution in [2.75, 3.05) is 14.2 Å². The molecule has 1 atom stereocenters. The average molecular weight is 444 g/mol. The molecule has 0 radical (unpaired) electrons. The first kappa shape index (κ1) is 21.0. The van der Waals surface area contributed by atoms with Crippen molar-refractivity contribution in [2.45, 2.75) is 30.8 Å². The van der Waals surface area contributed by atoms with Gasteiger partial charge in [-0.05, 0) is 53.6 Å². The van der Waals surface area contributed by atoms with Crippen LogP contribution < -0.4 is 20.5 Å². The van der Waals surface area contributed by atoms with Crippen LogP contribution in [0.3, 0.4) is 0 Å². The minimum absolute atomic E-state index is 0.193. The number of nitrogens with one attached hydrogen (secondary N) is 1. The van der Waals surface area contributed by atoms with Gasteiger partial charge in [0.2, 0.25) is 11.8 Å². The molecule has 1 aromatic carbocycles. The van der Waals surface area contributed by atoms with E-state index < -0.39 is 11.6 Å². The van der Waals surface area contributed by atoms with Crippen molar-refractivity contribution in [3.05, 3.63) is 52.9 Å². The summed E-state index contributed by atoms with van der Waals surface area (Å²) in [6, 6.07) is 10.0. The molecule has 1 unspecified atom stereocenters. The Kier molecular flexibility index (Phi) is 5.75. The Bertz CT molecular complexity index is 1080. The molecule has 1 aliphatic carbocycles. The highest BCUT2D eigenvalue weighted by atomic mass is 35.5. The molecule has 0 aliphatic heterocycles. The van der Waals surface area contributed by atoms with Crippen molar-refractivity contribution < 1.29 is 14.3 Å². The highest BCUT2D eigenvalue weighted by Gasteiger charge is 2.47. The third-order valence-electron chi connectivity index (χ3n) is 5.20. The van der Waals surface area contributed by atoms with Crippen LogP contribution in [0, 0.1) is 0 Å². The van der Waals surface area contributed by atoms with E-state index in [1.165, 1.54) is 7.11 Å². The maximum Gasteiger partial charge on any atom is 0.219 e. The van der Waals surface area contributed by atoms with Gasteiger partial charge in [0.1, 0.15) is 17.5 Å². The van der Waals surface area contributed by atoms with Gasteiger partial charge < -0.3 is 15.2 Å². The van der Waals surface area contributed by atoms with Crippen LogP contribution in [0.25, 0.3) is 5.69 Å². The number of hydrogen-bond donors (Lipinski definition) is 2. The van der Waals surface area contributed by atoms with Crippen LogP contribution in [0.15, 0.2) is 36.4 Å². The SMILES string of the molecule is COc1ccc(OC)c(C(NC2(CC(N)=O)CC2)c2nnnn2-c2ccc(Cl)cc2)n1. The van der Waals surface area contributed by atoms with E-state index in [1.54, 1.807) is 36.1 Å². The number of hydrogen-bond acceptors (Lipinski definition) is 8. The van der Waals surface area contributed by atoms with Gasteiger partial charge in [-0.25, -0.2) is 4.98 Å². The summed E-state index contributed by atoms with van der Waals surface area (Å²) in [5.74, 6) is 1.02. The third-order valence-corrected chi connectivity index (χ3v) is 5.45. The second-order valence-electron chi connectivity index (χ2n) is 7.37. The first-order valence-electron chi connectivity index (χ1n) is 9.64. The number of rotatable bonds is 9. The summed E-state index contributed by atoms with van der Waals surface area (Å²) in [7, 11) is 3.09. The highest BCUT2D eigenvalue weighted by Crippen LogP contribution is 2.43. The molecule has 0 saturated heterocycles. The van der Waals surface area contributed by atoms with Crippen molar-refractivity contribution in [3.8, 4) is 17.3 Å². The second kappa shape index (κ2) is 8.48. The van der Waals surface area contributed by atoms with Crippen LogP contribution >= 0.6 is 11.6 Å². The molecule has 3 N–H and O–H groups in total. The van der Waals surface area contributed by atoms with E-state index in [-0.39, 0.29) is 12.3 Å². The number of methoxy groups -OCH3 is 2. The Balaban J connectivity index is 1.82. The summed E-state index contributed by atoms with van der Waals surface area (Å²) in [5, 5.41) is 16.4. The molecule has 11 heteroatoms. The molecular weight excluding hydrogens is 422 g/mol. The Labute approximate surface area is 183 Å². The lowest BCUT2D eigenvalue weighted by Gasteiger charge is -2.25. The minimum Gasteiger partial charge on any atom is -0.495 e. The maximum absolute atomic E-state index is 11.7. The standard InChI is InChI=1S/C20H22ClN7O3/c1-30-14-7-8-16(31-2)23-17(14)18(24-20(9-10-20)11-15(22)29)19-25-26-27-28(19)13-5-3-12(21)4-6-13/h3-8,18,24H,9-11H2,1-2H3,(H2,22,29). The first-order valence-corrected chi connectivity index (χ1v) is 10.0. The van der Waals surface area contributed by atoms with E-state index in [1.807, 2.05) is 12.1 Å². The molecule has 1 aliphatic rings. The maximum atomic E-state index is 11.7. The molecular formula is C20H22ClN7O3. The van der Waals surface area contributed by atoms with Crippen LogP contribution in [-0.4, -0.2) is 50.9 Å². The predicted molar refractivity (Wildman–Crippen MR) is 112 cm³/mol. The molecule has 31 heavy (non-hydrogen) atoms. The molecule has 2 aromatic heterocycles. The zero-order valence-electron chi connectivity index (χ0n) is 17.1. The average Bonchev–Trinajstić information content (AvgIpc) is 3.33. The smallest absolute Gasteiger partial charge is 0.219 e. The highest BCUT2D eigenvalue weighted by molar-refractivity contribution is 6.30. The molecule has 4 rings (SSSR count). The number of primary amides is 1. The molecule has 162 valence electrons. The minimum atomic E-state index is -0.599. The van der Waals surface area contributed by atoms with E-state index in [9.17, 15) is 4.79 Å². The summed E-state index contributed by atoms with van der Waals surface area (Å²) in [6.45, 7) is 0. The van der Waals surface area contributed by atoms with Crippen LogP contribution in [0.5, 0.6) is 11.6 Å². The number of tetrazole rings is 1. The number of carbonyl (C=O) groups excluding carboxylic acids is 1. The fraction of sp³-hybridized carbons (Fsp3) is 0.350. The van der Waals surface area contributed by atoms with E-state index in [2.05, 4.69) is 25.8 Å². The van der Waals surface area contributed by atoms with E-state index >= 15 is 0 Å². The Morgan fingerprint density at radius 1 is 1.23 bits per heavy atom. The molecule has 1 amide bonds. The third kappa shape index (κ3) is 4.44. The number of nitrogens with two attached hydrogens (primary N) is 1. The number of halogens is 1. The van der Waals surface area contributed by atoms with Gasteiger partial charge in [0.15, 0.2) is 5.82 Å².